The first-order chi connectivity index (χ1) is 11.2. The van der Waals surface area contributed by atoms with Gasteiger partial charge in [-0.1, -0.05) is 6.07 Å². The van der Waals surface area contributed by atoms with E-state index < -0.39 is 0 Å². The van der Waals surface area contributed by atoms with Gasteiger partial charge in [-0.15, -0.1) is 35.3 Å². The van der Waals surface area contributed by atoms with Crippen LogP contribution in [-0.2, 0) is 13.1 Å². The van der Waals surface area contributed by atoms with Crippen molar-refractivity contribution in [2.45, 2.75) is 20.0 Å². The summed E-state index contributed by atoms with van der Waals surface area (Å²) in [4.78, 5) is 9.75. The van der Waals surface area contributed by atoms with Gasteiger partial charge in [0.2, 0.25) is 0 Å². The number of methoxy groups -OCH3 is 2. The monoisotopic (exact) mass is 462 g/mol. The van der Waals surface area contributed by atoms with Crippen LogP contribution in [0.4, 0.5) is 0 Å². The number of benzene rings is 1. The normalized spacial score (nSPS) is 10.8. The van der Waals surface area contributed by atoms with Gasteiger partial charge in [-0.05, 0) is 24.6 Å². The summed E-state index contributed by atoms with van der Waals surface area (Å²) < 4.78 is 10.6. The molecule has 1 aromatic carbocycles. The lowest BCUT2D eigenvalue weighted by atomic mass is 10.2. The third-order valence-electron chi connectivity index (χ3n) is 3.21. The van der Waals surface area contributed by atoms with E-state index in [0.29, 0.717) is 18.8 Å². The van der Waals surface area contributed by atoms with Crippen LogP contribution in [0.2, 0.25) is 0 Å². The Hall–Kier alpha value is -1.55. The predicted molar refractivity (Wildman–Crippen MR) is 109 cm³/mol. The first-order valence-corrected chi connectivity index (χ1v) is 8.04. The molecule has 0 spiro atoms. The van der Waals surface area contributed by atoms with Crippen LogP contribution in [0.5, 0.6) is 11.5 Å². The van der Waals surface area contributed by atoms with Crippen molar-refractivity contribution in [3.63, 3.8) is 0 Å². The third kappa shape index (κ3) is 5.82. The molecule has 0 aliphatic rings. The number of halogens is 1. The number of hydrogen-bond donors (Lipinski definition) is 2. The molecule has 6 nitrogen and oxygen atoms in total. The molecule has 24 heavy (non-hydrogen) atoms. The first kappa shape index (κ1) is 20.5. The van der Waals surface area contributed by atoms with Gasteiger partial charge in [0, 0.05) is 24.7 Å². The van der Waals surface area contributed by atoms with E-state index in [9.17, 15) is 0 Å². The standard InChI is InChI=1S/C16H22N4O2S.HI/c1-11-8-18-15(23-11)10-20-16(17-2)19-9-12-5-6-13(21-3)14(7-12)22-4;/h5-8H,9-10H2,1-4H3,(H2,17,19,20);1H. The molecule has 132 valence electrons. The summed E-state index contributed by atoms with van der Waals surface area (Å²) >= 11 is 1.68. The van der Waals surface area contributed by atoms with Crippen molar-refractivity contribution >= 4 is 41.3 Å². The van der Waals surface area contributed by atoms with Gasteiger partial charge in [0.05, 0.1) is 20.8 Å². The van der Waals surface area contributed by atoms with Crippen molar-refractivity contribution in [2.24, 2.45) is 4.99 Å². The quantitative estimate of drug-likeness (QED) is 0.393. The number of hydrogen-bond acceptors (Lipinski definition) is 5. The molecule has 0 unspecified atom stereocenters. The van der Waals surface area contributed by atoms with Gasteiger partial charge in [0.1, 0.15) is 5.01 Å². The molecule has 0 saturated carbocycles. The Morgan fingerprint density at radius 2 is 1.88 bits per heavy atom. The maximum atomic E-state index is 5.31. The molecule has 0 radical (unpaired) electrons. The highest BCUT2D eigenvalue weighted by molar-refractivity contribution is 14.0. The summed E-state index contributed by atoms with van der Waals surface area (Å²) in [6.45, 7) is 3.34. The average Bonchev–Trinajstić information content (AvgIpc) is 3.00. The molecule has 2 aromatic rings. The van der Waals surface area contributed by atoms with Crippen LogP contribution in [-0.4, -0.2) is 32.2 Å². The number of rotatable bonds is 6. The summed E-state index contributed by atoms with van der Waals surface area (Å²) in [6.07, 6.45) is 1.88. The Bertz CT molecular complexity index is 676. The highest BCUT2D eigenvalue weighted by atomic mass is 127. The Kier molecular flexibility index (Phi) is 8.83. The number of guanidine groups is 1. The number of aliphatic imine (C=N–C) groups is 1. The van der Waals surface area contributed by atoms with E-state index >= 15 is 0 Å². The summed E-state index contributed by atoms with van der Waals surface area (Å²) in [5, 5.41) is 7.56. The molecule has 0 bridgehead atoms. The van der Waals surface area contributed by atoms with Crippen molar-refractivity contribution in [1.29, 1.82) is 0 Å². The minimum Gasteiger partial charge on any atom is -0.493 e. The number of thiazole rings is 1. The Labute approximate surface area is 163 Å². The van der Waals surface area contributed by atoms with Gasteiger partial charge < -0.3 is 20.1 Å². The SMILES string of the molecule is CN=C(NCc1ccc(OC)c(OC)c1)NCc1ncc(C)s1.I. The summed E-state index contributed by atoms with van der Waals surface area (Å²) in [6, 6.07) is 5.83. The highest BCUT2D eigenvalue weighted by Gasteiger charge is 2.06. The van der Waals surface area contributed by atoms with E-state index in [1.54, 1.807) is 32.6 Å². The molecule has 0 saturated heterocycles. The minimum atomic E-state index is 0. The van der Waals surface area contributed by atoms with E-state index in [0.717, 1.165) is 22.3 Å². The number of ether oxygens (including phenoxy) is 2. The fourth-order valence-electron chi connectivity index (χ4n) is 2.04. The highest BCUT2D eigenvalue weighted by Crippen LogP contribution is 2.27. The van der Waals surface area contributed by atoms with Gasteiger partial charge in [-0.2, -0.15) is 0 Å². The number of aryl methyl sites for hydroxylation is 1. The van der Waals surface area contributed by atoms with Crippen molar-refractivity contribution in [1.82, 2.24) is 15.6 Å². The van der Waals surface area contributed by atoms with E-state index in [2.05, 4.69) is 20.6 Å². The molecule has 1 heterocycles. The van der Waals surface area contributed by atoms with Crippen LogP contribution < -0.4 is 20.1 Å². The smallest absolute Gasteiger partial charge is 0.191 e. The van der Waals surface area contributed by atoms with E-state index in [4.69, 9.17) is 9.47 Å². The lowest BCUT2D eigenvalue weighted by Crippen LogP contribution is -2.36. The largest absolute Gasteiger partial charge is 0.493 e. The minimum absolute atomic E-state index is 0. The maximum absolute atomic E-state index is 5.31. The number of nitrogens with zero attached hydrogens (tertiary/aromatic N) is 2. The third-order valence-corrected chi connectivity index (χ3v) is 4.12. The van der Waals surface area contributed by atoms with Gasteiger partial charge in [-0.25, -0.2) is 4.98 Å². The van der Waals surface area contributed by atoms with Crippen molar-refractivity contribution < 1.29 is 9.47 Å². The van der Waals surface area contributed by atoms with Crippen molar-refractivity contribution in [2.75, 3.05) is 21.3 Å². The Morgan fingerprint density at radius 3 is 2.46 bits per heavy atom. The van der Waals surface area contributed by atoms with E-state index in [1.165, 1.54) is 4.88 Å². The molecular weight excluding hydrogens is 439 g/mol. The number of aromatic nitrogens is 1. The number of nitrogens with one attached hydrogen (secondary N) is 2. The van der Waals surface area contributed by atoms with Gasteiger partial charge in [0.15, 0.2) is 17.5 Å². The van der Waals surface area contributed by atoms with Crippen LogP contribution in [0.15, 0.2) is 29.4 Å². The molecule has 1 aromatic heterocycles. The van der Waals surface area contributed by atoms with E-state index in [1.807, 2.05) is 31.3 Å². The second-order valence-electron chi connectivity index (χ2n) is 4.83. The molecule has 0 amide bonds. The molecular formula is C16H23IN4O2S. The summed E-state index contributed by atoms with van der Waals surface area (Å²) in [7, 11) is 5.00. The molecule has 2 rings (SSSR count). The topological polar surface area (TPSA) is 67.8 Å². The van der Waals surface area contributed by atoms with Gasteiger partial charge in [0.25, 0.3) is 0 Å². The first-order valence-electron chi connectivity index (χ1n) is 7.23. The lowest BCUT2D eigenvalue weighted by Gasteiger charge is -2.13. The molecule has 2 N–H and O–H groups in total. The van der Waals surface area contributed by atoms with Crippen LogP contribution in [0.25, 0.3) is 0 Å². The fraction of sp³-hybridized carbons (Fsp3) is 0.375. The lowest BCUT2D eigenvalue weighted by molar-refractivity contribution is 0.354. The Balaban J connectivity index is 0.00000288. The van der Waals surface area contributed by atoms with Crippen LogP contribution in [0, 0.1) is 6.92 Å². The van der Waals surface area contributed by atoms with Crippen LogP contribution >= 0.6 is 35.3 Å². The molecule has 0 fully saturated rings. The molecule has 8 heteroatoms. The van der Waals surface area contributed by atoms with Gasteiger partial charge in [-0.3, -0.25) is 4.99 Å². The Morgan fingerprint density at radius 1 is 1.17 bits per heavy atom. The zero-order valence-corrected chi connectivity index (χ0v) is 17.4. The van der Waals surface area contributed by atoms with Crippen molar-refractivity contribution in [3.05, 3.63) is 39.8 Å². The fourth-order valence-corrected chi connectivity index (χ4v) is 2.77. The predicted octanol–water partition coefficient (Wildman–Crippen LogP) is 2.95. The average molecular weight is 462 g/mol. The zero-order chi connectivity index (χ0) is 16.7. The molecule has 0 aliphatic heterocycles. The van der Waals surface area contributed by atoms with Crippen LogP contribution in [0.1, 0.15) is 15.4 Å². The van der Waals surface area contributed by atoms with Gasteiger partial charge >= 0.3 is 0 Å². The molecule has 0 aliphatic carbocycles. The summed E-state index contributed by atoms with van der Waals surface area (Å²) in [5.74, 6) is 2.17. The molecule has 0 atom stereocenters. The van der Waals surface area contributed by atoms with E-state index in [-0.39, 0.29) is 24.0 Å². The van der Waals surface area contributed by atoms with Crippen molar-refractivity contribution in [3.8, 4) is 11.5 Å². The second-order valence-corrected chi connectivity index (χ2v) is 6.15. The maximum Gasteiger partial charge on any atom is 0.191 e. The zero-order valence-electron chi connectivity index (χ0n) is 14.3. The van der Waals surface area contributed by atoms with Crippen LogP contribution in [0.3, 0.4) is 0 Å². The second kappa shape index (κ2) is 10.3. The summed E-state index contributed by atoms with van der Waals surface area (Å²) in [5.41, 5.74) is 1.08.